The van der Waals surface area contributed by atoms with Crippen molar-refractivity contribution >= 4 is 61.4 Å². The molecule has 2 aromatic rings. The Hall–Kier alpha value is -0.400. The molecule has 0 saturated heterocycles. The molecule has 5 heteroatoms. The van der Waals surface area contributed by atoms with Crippen molar-refractivity contribution in [1.82, 2.24) is 0 Å². The van der Waals surface area contributed by atoms with E-state index in [1.165, 1.54) is 3.57 Å². The third-order valence-electron chi connectivity index (χ3n) is 1.90. The zero-order valence-electron chi connectivity index (χ0n) is 8.04. The molecule has 0 fully saturated rings. The van der Waals surface area contributed by atoms with E-state index in [1.807, 2.05) is 36.4 Å². The van der Waals surface area contributed by atoms with Crippen LogP contribution in [0.4, 0.5) is 5.69 Å². The van der Waals surface area contributed by atoms with E-state index in [4.69, 9.17) is 16.6 Å². The molecule has 0 atom stereocenters. The Labute approximate surface area is 121 Å². The van der Waals surface area contributed by atoms with Crippen molar-refractivity contribution in [2.75, 3.05) is 5.32 Å². The number of hydrogen-bond acceptors (Lipinski definition) is 2. The van der Waals surface area contributed by atoms with Crippen LogP contribution in [0.25, 0.3) is 0 Å². The largest absolute Gasteiger partial charge is 0.447 e. The molecule has 2 rings (SSSR count). The van der Waals surface area contributed by atoms with Crippen molar-refractivity contribution in [2.24, 2.45) is 0 Å². The van der Waals surface area contributed by atoms with Crippen molar-refractivity contribution in [3.8, 4) is 0 Å². The summed E-state index contributed by atoms with van der Waals surface area (Å²) in [6.45, 7) is 0. The predicted octanol–water partition coefficient (Wildman–Crippen LogP) is 4.43. The minimum Gasteiger partial charge on any atom is -0.447 e. The predicted molar refractivity (Wildman–Crippen MR) is 80.9 cm³/mol. The fourth-order valence-electron chi connectivity index (χ4n) is 1.16. The molecule has 82 valence electrons. The molecule has 0 amide bonds. The second kappa shape index (κ2) is 5.29. The van der Waals surface area contributed by atoms with Gasteiger partial charge in [0.25, 0.3) is 0 Å². The Morgan fingerprint density at radius 2 is 1.88 bits per heavy atom. The van der Waals surface area contributed by atoms with Crippen molar-refractivity contribution in [1.29, 1.82) is 0 Å². The molecule has 0 aliphatic carbocycles. The topological polar surface area (TPSA) is 25.2 Å². The summed E-state index contributed by atoms with van der Waals surface area (Å²) >= 11 is 10.7. The van der Waals surface area contributed by atoms with Crippen molar-refractivity contribution in [3.05, 3.63) is 50.4 Å². The van der Waals surface area contributed by atoms with Gasteiger partial charge >= 0.3 is 0 Å². The van der Waals surface area contributed by atoms with Gasteiger partial charge in [0.1, 0.15) is 4.99 Å². The van der Waals surface area contributed by atoms with E-state index in [0.29, 0.717) is 15.4 Å². The highest BCUT2D eigenvalue weighted by Crippen LogP contribution is 2.17. The lowest BCUT2D eigenvalue weighted by Crippen LogP contribution is -2.09. The maximum atomic E-state index is 5.35. The van der Waals surface area contributed by atoms with Crippen LogP contribution in [0.1, 0.15) is 5.76 Å². The monoisotopic (exact) mass is 407 g/mol. The zero-order valence-corrected chi connectivity index (χ0v) is 12.6. The number of furan rings is 1. The van der Waals surface area contributed by atoms with Crippen molar-refractivity contribution in [2.45, 2.75) is 0 Å². The third kappa shape index (κ3) is 3.05. The highest BCUT2D eigenvalue weighted by Gasteiger charge is 2.06. The SMILES string of the molecule is S=C(Nc1ccc(I)cc1)c1ccc(Br)o1. The third-order valence-corrected chi connectivity index (χ3v) is 3.35. The number of thiocarbonyl (C=S) groups is 1. The lowest BCUT2D eigenvalue weighted by molar-refractivity contribution is 0.533. The van der Waals surface area contributed by atoms with Gasteiger partial charge in [0, 0.05) is 9.26 Å². The van der Waals surface area contributed by atoms with Gasteiger partial charge in [-0.25, -0.2) is 0 Å². The first-order valence-corrected chi connectivity index (χ1v) is 6.75. The van der Waals surface area contributed by atoms with E-state index in [2.05, 4.69) is 43.8 Å². The van der Waals surface area contributed by atoms with Crippen LogP contribution in [0.3, 0.4) is 0 Å². The lowest BCUT2D eigenvalue weighted by Gasteiger charge is -2.05. The van der Waals surface area contributed by atoms with E-state index in [9.17, 15) is 0 Å². The molecular weight excluding hydrogens is 401 g/mol. The van der Waals surface area contributed by atoms with Crippen LogP contribution in [0, 0.1) is 3.57 Å². The van der Waals surface area contributed by atoms with Crippen LogP contribution in [-0.2, 0) is 0 Å². The molecule has 1 aromatic carbocycles. The number of halogens is 2. The number of nitrogens with one attached hydrogen (secondary N) is 1. The van der Waals surface area contributed by atoms with Crippen LogP contribution in [0.2, 0.25) is 0 Å². The van der Waals surface area contributed by atoms with E-state index < -0.39 is 0 Å². The van der Waals surface area contributed by atoms with Crippen LogP contribution in [0.5, 0.6) is 0 Å². The molecule has 0 spiro atoms. The number of anilines is 1. The summed E-state index contributed by atoms with van der Waals surface area (Å²) in [5.41, 5.74) is 0.956. The first kappa shape index (κ1) is 12.1. The highest BCUT2D eigenvalue weighted by molar-refractivity contribution is 14.1. The molecule has 0 saturated carbocycles. The summed E-state index contributed by atoms with van der Waals surface area (Å²) in [6, 6.07) is 11.6. The smallest absolute Gasteiger partial charge is 0.170 e. The Kier molecular flexibility index (Phi) is 3.99. The molecule has 2 nitrogen and oxygen atoms in total. The number of benzene rings is 1. The average molecular weight is 408 g/mol. The van der Waals surface area contributed by atoms with Gasteiger partial charge in [-0.1, -0.05) is 12.2 Å². The maximum Gasteiger partial charge on any atom is 0.170 e. The van der Waals surface area contributed by atoms with Crippen molar-refractivity contribution < 1.29 is 4.42 Å². The molecule has 0 aliphatic rings. The fourth-order valence-corrected chi connectivity index (χ4v) is 2.06. The molecular formula is C11H7BrINOS. The van der Waals surface area contributed by atoms with E-state index >= 15 is 0 Å². The first-order valence-electron chi connectivity index (χ1n) is 4.47. The molecule has 0 aliphatic heterocycles. The number of rotatable bonds is 2. The van der Waals surface area contributed by atoms with Crippen LogP contribution >= 0.6 is 50.7 Å². The molecule has 16 heavy (non-hydrogen) atoms. The van der Waals surface area contributed by atoms with Gasteiger partial charge < -0.3 is 9.73 Å². The van der Waals surface area contributed by atoms with E-state index in [-0.39, 0.29) is 0 Å². The summed E-state index contributed by atoms with van der Waals surface area (Å²) in [5.74, 6) is 0.653. The standard InChI is InChI=1S/C11H7BrINOS/c12-10-6-5-9(15-10)11(16)14-8-3-1-7(13)2-4-8/h1-6H,(H,14,16). The Morgan fingerprint density at radius 1 is 1.19 bits per heavy atom. The van der Waals surface area contributed by atoms with Gasteiger partial charge in [-0.15, -0.1) is 0 Å². The van der Waals surface area contributed by atoms with Crippen LogP contribution in [0.15, 0.2) is 45.5 Å². The summed E-state index contributed by atoms with van der Waals surface area (Å²) in [4.78, 5) is 0.576. The second-order valence-electron chi connectivity index (χ2n) is 3.06. The molecule has 0 radical (unpaired) electrons. The average Bonchev–Trinajstić information content (AvgIpc) is 2.68. The first-order chi connectivity index (χ1) is 7.65. The Morgan fingerprint density at radius 3 is 2.44 bits per heavy atom. The maximum absolute atomic E-state index is 5.35. The summed E-state index contributed by atoms with van der Waals surface area (Å²) in [5, 5.41) is 3.11. The van der Waals surface area contributed by atoms with Gasteiger partial charge in [-0.05, 0) is 74.9 Å². The Balaban J connectivity index is 2.10. The highest BCUT2D eigenvalue weighted by atomic mass is 127. The van der Waals surface area contributed by atoms with Gasteiger partial charge in [0.2, 0.25) is 0 Å². The second-order valence-corrected chi connectivity index (χ2v) is 5.50. The molecule has 1 heterocycles. The minimum atomic E-state index is 0.576. The quantitative estimate of drug-likeness (QED) is 0.588. The summed E-state index contributed by atoms with van der Waals surface area (Å²) < 4.78 is 7.22. The minimum absolute atomic E-state index is 0.576. The van der Waals surface area contributed by atoms with E-state index in [0.717, 1.165) is 5.69 Å². The van der Waals surface area contributed by atoms with E-state index in [1.54, 1.807) is 0 Å². The molecule has 0 bridgehead atoms. The van der Waals surface area contributed by atoms with Gasteiger partial charge in [0.15, 0.2) is 10.4 Å². The van der Waals surface area contributed by atoms with Gasteiger partial charge in [-0.2, -0.15) is 0 Å². The molecule has 0 unspecified atom stereocenters. The van der Waals surface area contributed by atoms with Crippen molar-refractivity contribution in [3.63, 3.8) is 0 Å². The lowest BCUT2D eigenvalue weighted by atomic mass is 10.3. The summed E-state index contributed by atoms with van der Waals surface area (Å²) in [7, 11) is 0. The van der Waals surface area contributed by atoms with Gasteiger partial charge in [0.05, 0.1) is 0 Å². The normalized spacial score (nSPS) is 10.1. The van der Waals surface area contributed by atoms with Gasteiger partial charge in [-0.3, -0.25) is 0 Å². The number of hydrogen-bond donors (Lipinski definition) is 1. The molecule has 1 aromatic heterocycles. The van der Waals surface area contributed by atoms with Crippen LogP contribution in [-0.4, -0.2) is 4.99 Å². The zero-order chi connectivity index (χ0) is 11.5. The van der Waals surface area contributed by atoms with Crippen LogP contribution < -0.4 is 5.32 Å². The Bertz CT molecular complexity index is 509. The fraction of sp³-hybridized carbons (Fsp3) is 0. The molecule has 1 N–H and O–H groups in total. The summed E-state index contributed by atoms with van der Waals surface area (Å²) in [6.07, 6.45) is 0.